The number of anilines is 1. The van der Waals surface area contributed by atoms with E-state index >= 15 is 0 Å². The van der Waals surface area contributed by atoms with Gasteiger partial charge in [0.25, 0.3) is 0 Å². The fourth-order valence-electron chi connectivity index (χ4n) is 2.65. The number of hydrogen-bond acceptors (Lipinski definition) is 4. The Balaban J connectivity index is 0.00000242. The van der Waals surface area contributed by atoms with Crippen LogP contribution in [-0.2, 0) is 16.0 Å². The normalized spacial score (nSPS) is 18.6. The number of halogens is 1. The van der Waals surface area contributed by atoms with E-state index in [1.54, 1.807) is 0 Å². The number of rotatable bonds is 5. The van der Waals surface area contributed by atoms with Crippen LogP contribution in [0.15, 0.2) is 18.2 Å². The van der Waals surface area contributed by atoms with Crippen LogP contribution in [0.5, 0.6) is 0 Å². The van der Waals surface area contributed by atoms with Crippen molar-refractivity contribution in [2.75, 3.05) is 38.1 Å². The molecule has 1 fully saturated rings. The van der Waals surface area contributed by atoms with E-state index in [9.17, 15) is 4.79 Å². The molecule has 0 spiro atoms. The highest BCUT2D eigenvalue weighted by molar-refractivity contribution is 5.93. The Labute approximate surface area is 138 Å². The predicted molar refractivity (Wildman–Crippen MR) is 91.7 cm³/mol. The second-order valence-electron chi connectivity index (χ2n) is 5.47. The van der Waals surface area contributed by atoms with Crippen molar-refractivity contribution in [2.24, 2.45) is 5.73 Å². The third kappa shape index (κ3) is 4.95. The zero-order valence-electron chi connectivity index (χ0n) is 13.3. The van der Waals surface area contributed by atoms with Crippen molar-refractivity contribution in [1.29, 1.82) is 0 Å². The fourth-order valence-corrected chi connectivity index (χ4v) is 2.65. The summed E-state index contributed by atoms with van der Waals surface area (Å²) >= 11 is 0. The van der Waals surface area contributed by atoms with Crippen LogP contribution < -0.4 is 11.1 Å². The number of carbonyl (C=O) groups excluding carboxylic acids is 1. The lowest BCUT2D eigenvalue weighted by Crippen LogP contribution is -2.48. The molecule has 1 aromatic carbocycles. The highest BCUT2D eigenvalue weighted by Crippen LogP contribution is 2.21. The standard InChI is InChI=1S/C16H25N3O2.ClH/c1-3-13-6-4-5-12(2)16(13)18-15(20)11-19-7-8-21-14(9-17)10-19;/h4-6,14H,3,7-11,17H2,1-2H3,(H,18,20);1H. The molecule has 0 aliphatic carbocycles. The summed E-state index contributed by atoms with van der Waals surface area (Å²) in [7, 11) is 0. The minimum atomic E-state index is 0. The average Bonchev–Trinajstić information content (AvgIpc) is 2.49. The Morgan fingerprint density at radius 2 is 2.27 bits per heavy atom. The maximum atomic E-state index is 12.3. The van der Waals surface area contributed by atoms with E-state index in [1.807, 2.05) is 19.1 Å². The fraction of sp³-hybridized carbons (Fsp3) is 0.562. The molecule has 0 aromatic heterocycles. The first-order chi connectivity index (χ1) is 10.1. The van der Waals surface area contributed by atoms with Crippen LogP contribution in [-0.4, -0.2) is 49.7 Å². The lowest BCUT2D eigenvalue weighted by atomic mass is 10.1. The molecule has 1 heterocycles. The third-order valence-electron chi connectivity index (χ3n) is 3.86. The first-order valence-electron chi connectivity index (χ1n) is 7.56. The lowest BCUT2D eigenvalue weighted by molar-refractivity contribution is -0.119. The Hall–Kier alpha value is -1.14. The van der Waals surface area contributed by atoms with E-state index in [-0.39, 0.29) is 24.4 Å². The van der Waals surface area contributed by atoms with Gasteiger partial charge in [0.15, 0.2) is 0 Å². The summed E-state index contributed by atoms with van der Waals surface area (Å²) in [4.78, 5) is 14.4. The number of aryl methyl sites for hydroxylation is 2. The van der Waals surface area contributed by atoms with Gasteiger partial charge in [0.2, 0.25) is 5.91 Å². The molecule has 1 unspecified atom stereocenters. The summed E-state index contributed by atoms with van der Waals surface area (Å²) in [5, 5.41) is 3.06. The molecule has 0 bridgehead atoms. The predicted octanol–water partition coefficient (Wildman–Crippen LogP) is 1.58. The van der Waals surface area contributed by atoms with Crippen LogP contribution in [0, 0.1) is 6.92 Å². The third-order valence-corrected chi connectivity index (χ3v) is 3.86. The van der Waals surface area contributed by atoms with Crippen LogP contribution in [0.2, 0.25) is 0 Å². The SMILES string of the molecule is CCc1cccc(C)c1NC(=O)CN1CCOC(CN)C1.Cl. The molecule has 1 aliphatic heterocycles. The van der Waals surface area contributed by atoms with Gasteiger partial charge in [-0.2, -0.15) is 0 Å². The average molecular weight is 328 g/mol. The second-order valence-corrected chi connectivity index (χ2v) is 5.47. The molecule has 0 radical (unpaired) electrons. The summed E-state index contributed by atoms with van der Waals surface area (Å²) in [6.45, 7) is 7.13. The van der Waals surface area contributed by atoms with Gasteiger partial charge in [-0.15, -0.1) is 12.4 Å². The summed E-state index contributed by atoms with van der Waals surface area (Å²) < 4.78 is 5.51. The zero-order valence-corrected chi connectivity index (χ0v) is 14.1. The van der Waals surface area contributed by atoms with Crippen molar-refractivity contribution in [3.8, 4) is 0 Å². The number of carbonyl (C=O) groups is 1. The monoisotopic (exact) mass is 327 g/mol. The summed E-state index contributed by atoms with van der Waals surface area (Å²) in [5.74, 6) is 0.0247. The number of nitrogens with two attached hydrogens (primary N) is 1. The molecule has 5 nitrogen and oxygen atoms in total. The van der Waals surface area contributed by atoms with Crippen molar-refractivity contribution < 1.29 is 9.53 Å². The van der Waals surface area contributed by atoms with E-state index in [0.29, 0.717) is 19.7 Å². The molecule has 124 valence electrons. The Morgan fingerprint density at radius 1 is 1.50 bits per heavy atom. The maximum Gasteiger partial charge on any atom is 0.238 e. The summed E-state index contributed by atoms with van der Waals surface area (Å²) in [5.41, 5.74) is 8.85. The smallest absolute Gasteiger partial charge is 0.238 e. The minimum Gasteiger partial charge on any atom is -0.374 e. The summed E-state index contributed by atoms with van der Waals surface area (Å²) in [6.07, 6.45) is 0.945. The van der Waals surface area contributed by atoms with Gasteiger partial charge < -0.3 is 15.8 Å². The molecule has 3 N–H and O–H groups in total. The quantitative estimate of drug-likeness (QED) is 0.861. The number of morpholine rings is 1. The van der Waals surface area contributed by atoms with Gasteiger partial charge >= 0.3 is 0 Å². The topological polar surface area (TPSA) is 67.6 Å². The number of nitrogens with one attached hydrogen (secondary N) is 1. The molecular formula is C16H26ClN3O2. The largest absolute Gasteiger partial charge is 0.374 e. The first-order valence-corrected chi connectivity index (χ1v) is 7.56. The zero-order chi connectivity index (χ0) is 15.2. The Bertz CT molecular complexity index is 496. The van der Waals surface area contributed by atoms with Crippen LogP contribution in [0.4, 0.5) is 5.69 Å². The maximum absolute atomic E-state index is 12.3. The van der Waals surface area contributed by atoms with Crippen molar-refractivity contribution >= 4 is 24.0 Å². The van der Waals surface area contributed by atoms with Gasteiger partial charge in [0, 0.05) is 25.3 Å². The van der Waals surface area contributed by atoms with E-state index in [1.165, 1.54) is 5.56 Å². The first kappa shape index (κ1) is 18.9. The number of hydrogen-bond donors (Lipinski definition) is 2. The highest BCUT2D eigenvalue weighted by atomic mass is 35.5. The van der Waals surface area contributed by atoms with Gasteiger partial charge in [-0.05, 0) is 24.5 Å². The van der Waals surface area contributed by atoms with E-state index in [2.05, 4.69) is 23.2 Å². The van der Waals surface area contributed by atoms with Crippen LogP contribution in [0.25, 0.3) is 0 Å². The van der Waals surface area contributed by atoms with Gasteiger partial charge in [-0.1, -0.05) is 25.1 Å². The van der Waals surface area contributed by atoms with Crippen LogP contribution in [0.3, 0.4) is 0 Å². The molecular weight excluding hydrogens is 302 g/mol. The Morgan fingerprint density at radius 3 is 2.95 bits per heavy atom. The van der Waals surface area contributed by atoms with Gasteiger partial charge in [-0.3, -0.25) is 9.69 Å². The second kappa shape index (κ2) is 9.10. The number of para-hydroxylation sites is 1. The van der Waals surface area contributed by atoms with Gasteiger partial charge in [0.1, 0.15) is 0 Å². The molecule has 1 saturated heterocycles. The molecule has 22 heavy (non-hydrogen) atoms. The molecule has 6 heteroatoms. The number of benzene rings is 1. The van der Waals surface area contributed by atoms with Gasteiger partial charge in [-0.25, -0.2) is 0 Å². The van der Waals surface area contributed by atoms with E-state index in [0.717, 1.165) is 30.8 Å². The molecule has 1 atom stereocenters. The van der Waals surface area contributed by atoms with E-state index in [4.69, 9.17) is 10.5 Å². The number of ether oxygens (including phenoxy) is 1. The molecule has 2 rings (SSSR count). The highest BCUT2D eigenvalue weighted by Gasteiger charge is 2.21. The number of nitrogens with zero attached hydrogens (tertiary/aromatic N) is 1. The molecule has 1 aromatic rings. The number of amides is 1. The Kier molecular flexibility index (Phi) is 7.82. The molecule has 1 aliphatic rings. The lowest BCUT2D eigenvalue weighted by Gasteiger charge is -2.31. The molecule has 0 saturated carbocycles. The van der Waals surface area contributed by atoms with Crippen LogP contribution in [0.1, 0.15) is 18.1 Å². The minimum absolute atomic E-state index is 0. The van der Waals surface area contributed by atoms with Crippen LogP contribution >= 0.6 is 12.4 Å². The molecule has 1 amide bonds. The van der Waals surface area contributed by atoms with Crippen molar-refractivity contribution in [3.63, 3.8) is 0 Å². The van der Waals surface area contributed by atoms with Gasteiger partial charge in [0.05, 0.1) is 19.3 Å². The van der Waals surface area contributed by atoms with E-state index < -0.39 is 0 Å². The van der Waals surface area contributed by atoms with Crippen molar-refractivity contribution in [1.82, 2.24) is 4.90 Å². The van der Waals surface area contributed by atoms with Crippen molar-refractivity contribution in [2.45, 2.75) is 26.4 Å². The summed E-state index contributed by atoms with van der Waals surface area (Å²) in [6, 6.07) is 6.10. The van der Waals surface area contributed by atoms with Crippen molar-refractivity contribution in [3.05, 3.63) is 29.3 Å².